The molecule has 1 aromatic rings. The second-order valence-electron chi connectivity index (χ2n) is 3.38. The highest BCUT2D eigenvalue weighted by atomic mass is 16.5. The first kappa shape index (κ1) is 12.0. The van der Waals surface area contributed by atoms with E-state index in [2.05, 4.69) is 10.5 Å². The summed E-state index contributed by atoms with van der Waals surface area (Å²) in [4.78, 5) is 10.5. The molecular weight excluding hydrogens is 206 g/mol. The first-order valence-corrected chi connectivity index (χ1v) is 4.79. The average Bonchev–Trinajstić information content (AvgIpc) is 2.25. The van der Waals surface area contributed by atoms with Crippen LogP contribution in [0.1, 0.15) is 18.1 Å². The minimum atomic E-state index is -0.689. The van der Waals surface area contributed by atoms with E-state index in [1.165, 1.54) is 0 Å². The van der Waals surface area contributed by atoms with E-state index in [1.807, 2.05) is 25.1 Å². The van der Waals surface area contributed by atoms with Crippen LogP contribution in [-0.2, 0) is 0 Å². The number of amides is 2. The zero-order chi connectivity index (χ0) is 12.1. The van der Waals surface area contributed by atoms with Gasteiger partial charge in [-0.05, 0) is 26.0 Å². The van der Waals surface area contributed by atoms with Crippen molar-refractivity contribution in [2.75, 3.05) is 7.11 Å². The second kappa shape index (κ2) is 5.16. The Labute approximate surface area is 94.3 Å². The number of aryl methyl sites for hydroxylation is 1. The molecule has 0 spiro atoms. The Kier molecular flexibility index (Phi) is 3.88. The molecule has 86 valence electrons. The monoisotopic (exact) mass is 221 g/mol. The van der Waals surface area contributed by atoms with E-state index in [0.717, 1.165) is 11.1 Å². The Balaban J connectivity index is 3.05. The lowest BCUT2D eigenvalue weighted by Gasteiger charge is -2.08. The summed E-state index contributed by atoms with van der Waals surface area (Å²) in [7, 11) is 1.59. The van der Waals surface area contributed by atoms with Crippen LogP contribution in [0.15, 0.2) is 23.3 Å². The van der Waals surface area contributed by atoms with Gasteiger partial charge in [-0.15, -0.1) is 0 Å². The van der Waals surface area contributed by atoms with Crippen LogP contribution in [0.25, 0.3) is 0 Å². The normalized spacial score (nSPS) is 11.1. The van der Waals surface area contributed by atoms with Gasteiger partial charge in [0.05, 0.1) is 12.8 Å². The maximum absolute atomic E-state index is 10.5. The van der Waals surface area contributed by atoms with Gasteiger partial charge in [0.2, 0.25) is 0 Å². The van der Waals surface area contributed by atoms with Crippen LogP contribution in [0.2, 0.25) is 0 Å². The molecule has 0 heterocycles. The van der Waals surface area contributed by atoms with E-state index < -0.39 is 6.03 Å². The van der Waals surface area contributed by atoms with E-state index in [4.69, 9.17) is 10.5 Å². The van der Waals surface area contributed by atoms with Gasteiger partial charge in [0, 0.05) is 5.56 Å². The van der Waals surface area contributed by atoms with Crippen LogP contribution in [0, 0.1) is 6.92 Å². The zero-order valence-electron chi connectivity index (χ0n) is 9.57. The summed E-state index contributed by atoms with van der Waals surface area (Å²) in [5.74, 6) is 0.707. The fourth-order valence-electron chi connectivity index (χ4n) is 1.30. The first-order valence-electron chi connectivity index (χ1n) is 4.79. The Hall–Kier alpha value is -2.04. The molecule has 0 bridgehead atoms. The van der Waals surface area contributed by atoms with Crippen LogP contribution >= 0.6 is 0 Å². The minimum Gasteiger partial charge on any atom is -0.496 e. The van der Waals surface area contributed by atoms with E-state index >= 15 is 0 Å². The molecule has 5 heteroatoms. The molecule has 0 aliphatic heterocycles. The predicted octanol–water partition coefficient (Wildman–Crippen LogP) is 1.40. The van der Waals surface area contributed by atoms with Crippen molar-refractivity contribution in [3.8, 4) is 5.75 Å². The number of ether oxygens (including phenoxy) is 1. The lowest BCUT2D eigenvalue weighted by Crippen LogP contribution is -2.25. The zero-order valence-corrected chi connectivity index (χ0v) is 9.57. The number of methoxy groups -OCH3 is 1. The number of nitrogens with two attached hydrogens (primary N) is 1. The summed E-state index contributed by atoms with van der Waals surface area (Å²) < 4.78 is 5.20. The van der Waals surface area contributed by atoms with E-state index in [0.29, 0.717) is 11.5 Å². The number of rotatable bonds is 3. The third kappa shape index (κ3) is 2.98. The minimum absolute atomic E-state index is 0.638. The predicted molar refractivity (Wildman–Crippen MR) is 62.7 cm³/mol. The number of hydrazone groups is 1. The standard InChI is InChI=1S/C11H15N3O2/c1-7-4-5-10(16-3)9(6-7)8(2)13-14-11(12)15/h4-6H,1-3H3,(H3,12,14,15). The molecule has 2 amide bonds. The Bertz CT molecular complexity index is 427. The van der Waals surface area contributed by atoms with Gasteiger partial charge in [-0.1, -0.05) is 11.6 Å². The molecule has 5 nitrogen and oxygen atoms in total. The van der Waals surface area contributed by atoms with Crippen molar-refractivity contribution in [2.24, 2.45) is 10.8 Å². The van der Waals surface area contributed by atoms with Gasteiger partial charge in [-0.2, -0.15) is 5.10 Å². The van der Waals surface area contributed by atoms with Crippen molar-refractivity contribution in [1.29, 1.82) is 0 Å². The Morgan fingerprint density at radius 1 is 1.50 bits per heavy atom. The van der Waals surface area contributed by atoms with Gasteiger partial charge in [0.25, 0.3) is 0 Å². The van der Waals surface area contributed by atoms with E-state index in [-0.39, 0.29) is 0 Å². The number of urea groups is 1. The third-order valence-electron chi connectivity index (χ3n) is 2.08. The van der Waals surface area contributed by atoms with Crippen molar-refractivity contribution in [1.82, 2.24) is 5.43 Å². The number of carbonyl (C=O) groups is 1. The Morgan fingerprint density at radius 3 is 2.75 bits per heavy atom. The van der Waals surface area contributed by atoms with Crippen LogP contribution in [0.5, 0.6) is 5.75 Å². The molecule has 0 aromatic heterocycles. The van der Waals surface area contributed by atoms with Gasteiger partial charge in [0.15, 0.2) is 0 Å². The van der Waals surface area contributed by atoms with Crippen molar-refractivity contribution >= 4 is 11.7 Å². The molecule has 0 saturated heterocycles. The molecule has 0 radical (unpaired) electrons. The van der Waals surface area contributed by atoms with Gasteiger partial charge in [-0.3, -0.25) is 0 Å². The highest BCUT2D eigenvalue weighted by Crippen LogP contribution is 2.20. The van der Waals surface area contributed by atoms with Crippen LogP contribution in [0.3, 0.4) is 0 Å². The summed E-state index contributed by atoms with van der Waals surface area (Å²) in [5.41, 5.74) is 9.67. The SMILES string of the molecule is COc1ccc(C)cc1C(C)=NNC(N)=O. The maximum Gasteiger partial charge on any atom is 0.332 e. The topological polar surface area (TPSA) is 76.7 Å². The van der Waals surface area contributed by atoms with Crippen LogP contribution in [0.4, 0.5) is 4.79 Å². The number of nitrogens with one attached hydrogen (secondary N) is 1. The van der Waals surface area contributed by atoms with Crippen LogP contribution < -0.4 is 15.9 Å². The van der Waals surface area contributed by atoms with Crippen LogP contribution in [-0.4, -0.2) is 18.9 Å². The summed E-state index contributed by atoms with van der Waals surface area (Å²) in [6.45, 7) is 3.74. The Morgan fingerprint density at radius 2 is 2.19 bits per heavy atom. The molecule has 0 fully saturated rings. The highest BCUT2D eigenvalue weighted by Gasteiger charge is 2.06. The summed E-state index contributed by atoms with van der Waals surface area (Å²) >= 11 is 0. The molecule has 0 aliphatic carbocycles. The highest BCUT2D eigenvalue weighted by molar-refractivity contribution is 6.01. The lowest BCUT2D eigenvalue weighted by atomic mass is 10.1. The third-order valence-corrected chi connectivity index (χ3v) is 2.08. The molecular formula is C11H15N3O2. The van der Waals surface area contributed by atoms with E-state index in [1.54, 1.807) is 14.0 Å². The number of primary amides is 1. The molecule has 0 atom stereocenters. The van der Waals surface area contributed by atoms with Gasteiger partial charge in [0.1, 0.15) is 5.75 Å². The smallest absolute Gasteiger partial charge is 0.332 e. The maximum atomic E-state index is 10.5. The van der Waals surface area contributed by atoms with Gasteiger partial charge >= 0.3 is 6.03 Å². The molecule has 0 saturated carbocycles. The van der Waals surface area contributed by atoms with E-state index in [9.17, 15) is 4.79 Å². The molecule has 1 rings (SSSR count). The quantitative estimate of drug-likeness (QED) is 0.597. The number of carbonyl (C=O) groups excluding carboxylic acids is 1. The molecule has 0 unspecified atom stereocenters. The number of benzene rings is 1. The van der Waals surface area contributed by atoms with Crippen molar-refractivity contribution in [3.05, 3.63) is 29.3 Å². The lowest BCUT2D eigenvalue weighted by molar-refractivity contribution is 0.249. The van der Waals surface area contributed by atoms with Gasteiger partial charge < -0.3 is 10.5 Å². The number of hydrogen-bond donors (Lipinski definition) is 2. The molecule has 3 N–H and O–H groups in total. The average molecular weight is 221 g/mol. The van der Waals surface area contributed by atoms with Crippen molar-refractivity contribution in [3.63, 3.8) is 0 Å². The fourth-order valence-corrected chi connectivity index (χ4v) is 1.30. The largest absolute Gasteiger partial charge is 0.496 e. The van der Waals surface area contributed by atoms with Crippen molar-refractivity contribution in [2.45, 2.75) is 13.8 Å². The summed E-state index contributed by atoms with van der Waals surface area (Å²) in [6.07, 6.45) is 0. The second-order valence-corrected chi connectivity index (χ2v) is 3.38. The fraction of sp³-hybridized carbons (Fsp3) is 0.273. The first-order chi connectivity index (χ1) is 7.54. The molecule has 0 aliphatic rings. The van der Waals surface area contributed by atoms with Gasteiger partial charge in [-0.25, -0.2) is 10.2 Å². The molecule has 1 aromatic carbocycles. The van der Waals surface area contributed by atoms with Crippen molar-refractivity contribution < 1.29 is 9.53 Å². The number of hydrogen-bond acceptors (Lipinski definition) is 3. The molecule has 16 heavy (non-hydrogen) atoms. The number of nitrogens with zero attached hydrogens (tertiary/aromatic N) is 1. The summed E-state index contributed by atoms with van der Waals surface area (Å²) in [5, 5.41) is 3.86. The summed E-state index contributed by atoms with van der Waals surface area (Å²) in [6, 6.07) is 5.04.